The summed E-state index contributed by atoms with van der Waals surface area (Å²) in [5.74, 6) is -0.379. The van der Waals surface area contributed by atoms with E-state index >= 15 is 4.39 Å². The third-order valence-electron chi connectivity index (χ3n) is 10.3. The number of alkyl carbamates (subject to hydrolysis) is 1. The van der Waals surface area contributed by atoms with E-state index in [0.717, 1.165) is 48.3 Å². The van der Waals surface area contributed by atoms with Crippen LogP contribution in [0.25, 0.3) is 22.0 Å². The molecule has 1 aromatic heterocycles. The zero-order valence-corrected chi connectivity index (χ0v) is 32.7. The van der Waals surface area contributed by atoms with Crippen molar-refractivity contribution in [3.05, 3.63) is 155 Å². The van der Waals surface area contributed by atoms with Crippen LogP contribution in [0.5, 0.6) is 0 Å². The molecule has 0 radical (unpaired) electrons. The first-order chi connectivity index (χ1) is 27.0. The fourth-order valence-electron chi connectivity index (χ4n) is 7.74. The summed E-state index contributed by atoms with van der Waals surface area (Å²) in [6.45, 7) is 8.36. The number of piperidine rings is 1. The van der Waals surface area contributed by atoms with E-state index in [9.17, 15) is 9.59 Å². The number of carbonyl (C=O) groups is 2. The number of hydrogen-bond donors (Lipinski definition) is 2. The van der Waals surface area contributed by atoms with Gasteiger partial charge in [0.25, 0.3) is 0 Å². The maximum absolute atomic E-state index is 15.4. The van der Waals surface area contributed by atoms with E-state index in [-0.39, 0.29) is 17.4 Å². The van der Waals surface area contributed by atoms with E-state index in [1.165, 1.54) is 6.07 Å². The molecule has 56 heavy (non-hydrogen) atoms. The highest BCUT2D eigenvalue weighted by atomic mass is 35.5. The molecule has 0 saturated carbocycles. The van der Waals surface area contributed by atoms with Crippen molar-refractivity contribution in [2.45, 2.75) is 51.2 Å². The van der Waals surface area contributed by atoms with Crippen molar-refractivity contribution in [1.82, 2.24) is 20.0 Å². The number of nitrogens with one attached hydrogen (secondary N) is 2. The van der Waals surface area contributed by atoms with Gasteiger partial charge in [-0.15, -0.1) is 0 Å². The Morgan fingerprint density at radius 2 is 1.41 bits per heavy atom. The Balaban J connectivity index is 1.24. The highest BCUT2D eigenvalue weighted by Crippen LogP contribution is 2.44. The summed E-state index contributed by atoms with van der Waals surface area (Å²) >= 11 is 6.59. The molecule has 288 valence electrons. The summed E-state index contributed by atoms with van der Waals surface area (Å²) in [6, 6.07) is 41.0. The Morgan fingerprint density at radius 3 is 1.96 bits per heavy atom. The van der Waals surface area contributed by atoms with Gasteiger partial charge in [-0.25, -0.2) is 13.9 Å². The first-order valence-corrected chi connectivity index (χ1v) is 19.6. The topological polar surface area (TPSA) is 88.5 Å². The molecular formula is C46H47ClFN5O3. The number of carbonyl (C=O) groups excluding carboxylic acids is 2. The molecule has 0 atom stereocenters. The van der Waals surface area contributed by atoms with Gasteiger partial charge in [0.05, 0.1) is 10.5 Å². The first kappa shape index (κ1) is 38.8. The number of nitrogens with zero attached hydrogens (tertiary/aromatic N) is 3. The minimum atomic E-state index is -0.953. The van der Waals surface area contributed by atoms with Crippen LogP contribution in [0.1, 0.15) is 56.7 Å². The van der Waals surface area contributed by atoms with Crippen LogP contribution < -0.4 is 10.6 Å². The van der Waals surface area contributed by atoms with Crippen molar-refractivity contribution in [2.24, 2.45) is 5.92 Å². The van der Waals surface area contributed by atoms with Crippen LogP contribution in [0, 0.1) is 11.7 Å². The Hall–Kier alpha value is -5.51. The second-order valence-electron chi connectivity index (χ2n) is 15.3. The highest BCUT2D eigenvalue weighted by molar-refractivity contribution is 6.33. The Kier molecular flexibility index (Phi) is 11.6. The van der Waals surface area contributed by atoms with Crippen LogP contribution in [0.2, 0.25) is 5.02 Å². The Bertz CT molecular complexity index is 2170. The van der Waals surface area contributed by atoms with Gasteiger partial charge in [-0.05, 0) is 106 Å². The van der Waals surface area contributed by atoms with Crippen LogP contribution in [-0.2, 0) is 15.1 Å². The van der Waals surface area contributed by atoms with Crippen molar-refractivity contribution in [3.63, 3.8) is 0 Å². The number of halogens is 2. The Morgan fingerprint density at radius 1 is 0.821 bits per heavy atom. The summed E-state index contributed by atoms with van der Waals surface area (Å²) in [5, 5.41) is 12.3. The van der Waals surface area contributed by atoms with E-state index in [1.807, 2.05) is 98.2 Å². The Labute approximate surface area is 332 Å². The number of fused-ring (bicyclic) bond motifs is 1. The zero-order chi connectivity index (χ0) is 39.3. The third-order valence-corrected chi connectivity index (χ3v) is 10.7. The van der Waals surface area contributed by atoms with Gasteiger partial charge in [0.1, 0.15) is 17.0 Å². The average Bonchev–Trinajstić information content (AvgIpc) is 3.55. The number of aromatic nitrogens is 2. The smallest absolute Gasteiger partial charge is 0.407 e. The van der Waals surface area contributed by atoms with Gasteiger partial charge in [-0.2, -0.15) is 5.10 Å². The lowest BCUT2D eigenvalue weighted by Gasteiger charge is -2.37. The van der Waals surface area contributed by atoms with E-state index in [2.05, 4.69) is 51.9 Å². The van der Waals surface area contributed by atoms with Crippen LogP contribution in [0.15, 0.2) is 127 Å². The molecule has 6 aromatic rings. The van der Waals surface area contributed by atoms with Crippen LogP contribution in [-0.4, -0.2) is 58.5 Å². The molecule has 0 spiro atoms. The van der Waals surface area contributed by atoms with Crippen LogP contribution in [0.3, 0.4) is 0 Å². The van der Waals surface area contributed by atoms with Crippen LogP contribution >= 0.6 is 11.6 Å². The van der Waals surface area contributed by atoms with Crippen molar-refractivity contribution in [2.75, 3.05) is 31.5 Å². The number of hydrogen-bond acceptors (Lipinski definition) is 5. The van der Waals surface area contributed by atoms with Crippen LogP contribution in [0.4, 0.5) is 15.0 Å². The van der Waals surface area contributed by atoms with E-state index < -0.39 is 23.1 Å². The summed E-state index contributed by atoms with van der Waals surface area (Å²) in [6.07, 6.45) is 1.73. The molecular weight excluding hydrogens is 725 g/mol. The average molecular weight is 772 g/mol. The van der Waals surface area contributed by atoms with Gasteiger partial charge < -0.3 is 20.3 Å². The second-order valence-corrected chi connectivity index (χ2v) is 15.7. The van der Waals surface area contributed by atoms with E-state index in [1.54, 1.807) is 12.1 Å². The van der Waals surface area contributed by atoms with Gasteiger partial charge in [-0.3, -0.25) is 4.79 Å². The minimum Gasteiger partial charge on any atom is -0.444 e. The molecule has 0 aliphatic carbocycles. The normalized spacial score (nSPS) is 14.1. The highest BCUT2D eigenvalue weighted by Gasteiger charge is 2.41. The maximum Gasteiger partial charge on any atom is 0.407 e. The number of likely N-dealkylation sites (tertiary alicyclic amines) is 1. The van der Waals surface area contributed by atoms with Crippen molar-refractivity contribution < 1.29 is 18.7 Å². The standard InChI is InChI=1S/C46H47ClFN5O3/c1-45(2,3)56-44(55)49-27-14-28-52-29-25-32(26-30-52)43(54)50-42-37-31-33(41-38(47)21-13-22-39(41)48)23-24-40(37)53(51-42)46(34-15-7-4-8-16-34,35-17-9-5-10-18-35)36-19-11-6-12-20-36/h4-13,15-24,31-32H,14,25-30H2,1-3H3,(H,49,55)(H,50,51,54). The third kappa shape index (κ3) is 8.20. The number of ether oxygens (including phenoxy) is 1. The molecule has 7 rings (SSSR count). The molecule has 1 aliphatic rings. The zero-order valence-electron chi connectivity index (χ0n) is 32.0. The van der Waals surface area contributed by atoms with Gasteiger partial charge >= 0.3 is 6.09 Å². The lowest BCUT2D eigenvalue weighted by molar-refractivity contribution is -0.121. The summed E-state index contributed by atoms with van der Waals surface area (Å²) < 4.78 is 22.7. The summed E-state index contributed by atoms with van der Waals surface area (Å²) in [5.41, 5.74) is 3.07. The molecule has 10 heteroatoms. The van der Waals surface area contributed by atoms with E-state index in [0.29, 0.717) is 41.2 Å². The predicted octanol–water partition coefficient (Wildman–Crippen LogP) is 9.90. The molecule has 1 fully saturated rings. The molecule has 2 amide bonds. The number of amides is 2. The fraction of sp³-hybridized carbons (Fsp3) is 0.283. The number of benzene rings is 5. The second kappa shape index (κ2) is 16.7. The molecule has 1 aliphatic heterocycles. The SMILES string of the molecule is CC(C)(C)OC(=O)NCCCN1CCC(C(=O)Nc2nn(C(c3ccccc3)(c3ccccc3)c3ccccc3)c3ccc(-c4c(F)cccc4Cl)cc23)CC1. The first-order valence-electron chi connectivity index (χ1n) is 19.2. The molecule has 2 heterocycles. The summed E-state index contributed by atoms with van der Waals surface area (Å²) in [7, 11) is 0. The molecule has 5 aromatic carbocycles. The molecule has 0 bridgehead atoms. The van der Waals surface area contributed by atoms with Gasteiger partial charge in [-0.1, -0.05) is 115 Å². The largest absolute Gasteiger partial charge is 0.444 e. The van der Waals surface area contributed by atoms with Gasteiger partial charge in [0.15, 0.2) is 5.82 Å². The molecule has 8 nitrogen and oxygen atoms in total. The van der Waals surface area contributed by atoms with Crippen molar-refractivity contribution >= 4 is 40.3 Å². The number of anilines is 1. The fourth-order valence-corrected chi connectivity index (χ4v) is 8.02. The minimum absolute atomic E-state index is 0.109. The van der Waals surface area contributed by atoms with Gasteiger partial charge in [0.2, 0.25) is 5.91 Å². The van der Waals surface area contributed by atoms with E-state index in [4.69, 9.17) is 21.4 Å². The molecule has 2 N–H and O–H groups in total. The summed E-state index contributed by atoms with van der Waals surface area (Å²) in [4.78, 5) is 28.5. The quantitative estimate of drug-likeness (QED) is 0.101. The van der Waals surface area contributed by atoms with Crippen molar-refractivity contribution in [3.8, 4) is 11.1 Å². The predicted molar refractivity (Wildman–Crippen MR) is 221 cm³/mol. The lowest BCUT2D eigenvalue weighted by atomic mass is 9.77. The lowest BCUT2D eigenvalue weighted by Crippen LogP contribution is -2.40. The molecule has 1 saturated heterocycles. The number of rotatable bonds is 11. The van der Waals surface area contributed by atoms with Crippen molar-refractivity contribution in [1.29, 1.82) is 0 Å². The maximum atomic E-state index is 15.4. The van der Waals surface area contributed by atoms with Gasteiger partial charge in [0, 0.05) is 23.4 Å². The molecule has 0 unspecified atom stereocenters. The monoisotopic (exact) mass is 771 g/mol.